The van der Waals surface area contributed by atoms with E-state index < -0.39 is 23.3 Å². The molecule has 0 aliphatic rings. The molecule has 1 unspecified atom stereocenters. The Morgan fingerprint density at radius 3 is 2.60 bits per heavy atom. The molecule has 2 heterocycles. The van der Waals surface area contributed by atoms with Crippen LogP contribution in [0.4, 0.5) is 0 Å². The maximum Gasteiger partial charge on any atom is 0.332 e. The van der Waals surface area contributed by atoms with Gasteiger partial charge in [-0.05, 0) is 6.42 Å². The molecule has 1 atom stereocenters. The first-order valence-electron chi connectivity index (χ1n) is 9.49. The van der Waals surface area contributed by atoms with E-state index in [0.717, 1.165) is 15.6 Å². The van der Waals surface area contributed by atoms with E-state index in [4.69, 9.17) is 22.1 Å². The van der Waals surface area contributed by atoms with Gasteiger partial charge in [-0.15, -0.1) is 0 Å². The minimum atomic E-state index is -1.17. The molecule has 0 radical (unpaired) electrons. The van der Waals surface area contributed by atoms with Gasteiger partial charge in [-0.25, -0.2) is 14.8 Å². The van der Waals surface area contributed by atoms with Crippen LogP contribution in [0.5, 0.6) is 0 Å². The molecule has 0 saturated carbocycles. The molecule has 158 valence electrons. The molecule has 0 saturated heterocycles. The van der Waals surface area contributed by atoms with Crippen molar-refractivity contribution in [1.82, 2.24) is 19.1 Å². The minimum absolute atomic E-state index is 0.0463. The van der Waals surface area contributed by atoms with Crippen molar-refractivity contribution in [2.45, 2.75) is 32.4 Å². The van der Waals surface area contributed by atoms with Gasteiger partial charge in [0.2, 0.25) is 0 Å². The van der Waals surface area contributed by atoms with Crippen LogP contribution in [0.25, 0.3) is 22.4 Å². The summed E-state index contributed by atoms with van der Waals surface area (Å²) in [5.41, 5.74) is 5.47. The Morgan fingerprint density at radius 1 is 1.23 bits per heavy atom. The molecule has 0 spiro atoms. The van der Waals surface area contributed by atoms with Crippen molar-refractivity contribution in [2.24, 2.45) is 12.8 Å². The lowest BCUT2D eigenvalue weighted by Gasteiger charge is -2.15. The molecule has 3 aromatic rings. The van der Waals surface area contributed by atoms with Gasteiger partial charge in [0.1, 0.15) is 11.7 Å². The van der Waals surface area contributed by atoms with Crippen LogP contribution in [0, 0.1) is 0 Å². The van der Waals surface area contributed by atoms with Crippen molar-refractivity contribution < 1.29 is 9.53 Å². The molecule has 3 rings (SSSR count). The number of hydrogen-bond donors (Lipinski definition) is 1. The van der Waals surface area contributed by atoms with Crippen LogP contribution >= 0.6 is 11.6 Å². The minimum Gasteiger partial charge on any atom is -0.464 e. The zero-order chi connectivity index (χ0) is 21.8. The summed E-state index contributed by atoms with van der Waals surface area (Å²) >= 11 is 6.26. The normalized spacial score (nSPS) is 12.1. The third-order valence-electron chi connectivity index (χ3n) is 4.59. The van der Waals surface area contributed by atoms with E-state index >= 15 is 0 Å². The fraction of sp³-hybridized carbons (Fsp3) is 0.350. The summed E-state index contributed by atoms with van der Waals surface area (Å²) in [6.45, 7) is 1.86. The third kappa shape index (κ3) is 4.27. The van der Waals surface area contributed by atoms with Crippen molar-refractivity contribution in [3.63, 3.8) is 0 Å². The molecular weight excluding hydrogens is 410 g/mol. The van der Waals surface area contributed by atoms with Crippen LogP contribution in [-0.4, -0.2) is 37.7 Å². The number of fused-ring (bicyclic) bond motifs is 1. The first kappa shape index (κ1) is 21.7. The molecular formula is C20H22ClN5O4. The Kier molecular flexibility index (Phi) is 6.63. The predicted molar refractivity (Wildman–Crippen MR) is 113 cm³/mol. The molecule has 1 aromatic carbocycles. The van der Waals surface area contributed by atoms with E-state index in [9.17, 15) is 14.4 Å². The summed E-state index contributed by atoms with van der Waals surface area (Å²) in [6, 6.07) is 7.84. The Labute approximate surface area is 177 Å². The van der Waals surface area contributed by atoms with E-state index in [0.29, 0.717) is 17.7 Å². The van der Waals surface area contributed by atoms with E-state index in [2.05, 4.69) is 9.97 Å². The zero-order valence-corrected chi connectivity index (χ0v) is 17.4. The van der Waals surface area contributed by atoms with Gasteiger partial charge in [0.05, 0.1) is 13.2 Å². The number of unbranched alkanes of at least 4 members (excludes halogenated alkanes) is 1. The van der Waals surface area contributed by atoms with Gasteiger partial charge in [0.15, 0.2) is 16.3 Å². The Bertz CT molecular complexity index is 1190. The molecule has 0 aliphatic carbocycles. The van der Waals surface area contributed by atoms with E-state index in [1.54, 1.807) is 24.3 Å². The number of esters is 1. The highest BCUT2D eigenvalue weighted by molar-refractivity contribution is 6.32. The second-order valence-corrected chi connectivity index (χ2v) is 7.14. The highest BCUT2D eigenvalue weighted by Crippen LogP contribution is 2.25. The first-order valence-corrected chi connectivity index (χ1v) is 9.87. The number of aryl methyl sites for hydroxylation is 1. The van der Waals surface area contributed by atoms with E-state index in [-0.39, 0.29) is 29.5 Å². The Hall–Kier alpha value is -3.04. The van der Waals surface area contributed by atoms with E-state index in [1.807, 2.05) is 13.0 Å². The monoisotopic (exact) mass is 431 g/mol. The highest BCUT2D eigenvalue weighted by atomic mass is 35.5. The van der Waals surface area contributed by atoms with Gasteiger partial charge in [0.25, 0.3) is 5.56 Å². The highest BCUT2D eigenvalue weighted by Gasteiger charge is 2.22. The van der Waals surface area contributed by atoms with Gasteiger partial charge >= 0.3 is 11.7 Å². The Morgan fingerprint density at radius 2 is 1.93 bits per heavy atom. The number of halogens is 1. The van der Waals surface area contributed by atoms with Crippen molar-refractivity contribution in [2.75, 3.05) is 6.61 Å². The second kappa shape index (κ2) is 9.19. The standard InChI is InChI=1S/C20H22ClN5O4/c1-3-4-10-30-19(28)13(22)11-26-18(27)15-17(25(2)20(26)29)24-16(21)14(23-15)12-8-6-5-7-9-12/h5-9,13H,3-4,10-11,22H2,1-2H3. The number of benzene rings is 1. The lowest BCUT2D eigenvalue weighted by atomic mass is 10.1. The molecule has 30 heavy (non-hydrogen) atoms. The lowest BCUT2D eigenvalue weighted by Crippen LogP contribution is -2.46. The van der Waals surface area contributed by atoms with Crippen LogP contribution in [-0.2, 0) is 23.1 Å². The maximum absolute atomic E-state index is 13.0. The number of carbonyl (C=O) groups excluding carboxylic acids is 1. The van der Waals surface area contributed by atoms with Crippen LogP contribution < -0.4 is 17.0 Å². The number of ether oxygens (including phenoxy) is 1. The van der Waals surface area contributed by atoms with Gasteiger partial charge in [0, 0.05) is 12.6 Å². The van der Waals surface area contributed by atoms with Crippen LogP contribution in [0.2, 0.25) is 5.15 Å². The van der Waals surface area contributed by atoms with Gasteiger partial charge < -0.3 is 10.5 Å². The second-order valence-electron chi connectivity index (χ2n) is 6.79. The maximum atomic E-state index is 13.0. The number of nitrogens with zero attached hydrogens (tertiary/aromatic N) is 4. The molecule has 0 fully saturated rings. The molecule has 0 bridgehead atoms. The number of aromatic nitrogens is 4. The Balaban J connectivity index is 2.06. The van der Waals surface area contributed by atoms with Crippen molar-refractivity contribution in [3.8, 4) is 11.3 Å². The molecule has 10 heteroatoms. The summed E-state index contributed by atoms with van der Waals surface area (Å²) in [4.78, 5) is 46.4. The molecule has 2 N–H and O–H groups in total. The van der Waals surface area contributed by atoms with Gasteiger partial charge in [-0.1, -0.05) is 55.3 Å². The molecule has 9 nitrogen and oxygen atoms in total. The quantitative estimate of drug-likeness (QED) is 0.444. The number of hydrogen-bond acceptors (Lipinski definition) is 7. The van der Waals surface area contributed by atoms with Crippen molar-refractivity contribution in [1.29, 1.82) is 0 Å². The molecule has 0 amide bonds. The number of nitrogens with two attached hydrogens (primary N) is 1. The summed E-state index contributed by atoms with van der Waals surface area (Å²) in [6.07, 6.45) is 1.56. The van der Waals surface area contributed by atoms with Crippen LogP contribution in [0.3, 0.4) is 0 Å². The fourth-order valence-corrected chi connectivity index (χ4v) is 3.14. The predicted octanol–water partition coefficient (Wildman–Crippen LogP) is 1.48. The van der Waals surface area contributed by atoms with Gasteiger partial charge in [-0.3, -0.25) is 18.7 Å². The van der Waals surface area contributed by atoms with E-state index in [1.165, 1.54) is 7.05 Å². The topological polar surface area (TPSA) is 122 Å². The smallest absolute Gasteiger partial charge is 0.332 e. The first-order chi connectivity index (χ1) is 14.3. The third-order valence-corrected chi connectivity index (χ3v) is 4.85. The fourth-order valence-electron chi connectivity index (χ4n) is 2.91. The largest absolute Gasteiger partial charge is 0.464 e. The van der Waals surface area contributed by atoms with Crippen LogP contribution in [0.1, 0.15) is 19.8 Å². The number of rotatable bonds is 7. The van der Waals surface area contributed by atoms with Crippen LogP contribution in [0.15, 0.2) is 39.9 Å². The molecule has 0 aliphatic heterocycles. The van der Waals surface area contributed by atoms with Gasteiger partial charge in [-0.2, -0.15) is 0 Å². The summed E-state index contributed by atoms with van der Waals surface area (Å²) < 4.78 is 7.09. The van der Waals surface area contributed by atoms with Crippen molar-refractivity contribution in [3.05, 3.63) is 56.3 Å². The lowest BCUT2D eigenvalue weighted by molar-refractivity contribution is -0.145. The molecule has 2 aromatic heterocycles. The zero-order valence-electron chi connectivity index (χ0n) is 16.7. The average molecular weight is 432 g/mol. The summed E-state index contributed by atoms with van der Waals surface area (Å²) in [7, 11) is 1.44. The van der Waals surface area contributed by atoms with Crippen molar-refractivity contribution >= 4 is 28.7 Å². The summed E-state index contributed by atoms with van der Waals surface area (Å²) in [5.74, 6) is -0.676. The average Bonchev–Trinajstić information content (AvgIpc) is 2.75. The number of carbonyl (C=O) groups is 1. The SMILES string of the molecule is CCCCOC(=O)C(N)Cn1c(=O)c2nc(-c3ccccc3)c(Cl)nc2n(C)c1=O. The summed E-state index contributed by atoms with van der Waals surface area (Å²) in [5, 5.41) is 0.0667.